The Morgan fingerprint density at radius 1 is 0.941 bits per heavy atom. The van der Waals surface area contributed by atoms with Crippen molar-refractivity contribution in [1.29, 1.82) is 0 Å². The number of nitrogens with zero attached hydrogens (tertiary/aromatic N) is 3. The van der Waals surface area contributed by atoms with Crippen LogP contribution in [0.25, 0.3) is 10.9 Å². The molecule has 2 aromatic carbocycles. The van der Waals surface area contributed by atoms with Crippen LogP contribution in [0.4, 0.5) is 0 Å². The van der Waals surface area contributed by atoms with E-state index in [0.717, 1.165) is 44.9 Å². The van der Waals surface area contributed by atoms with Crippen LogP contribution in [-0.4, -0.2) is 74.8 Å². The lowest BCUT2D eigenvalue weighted by molar-refractivity contribution is 0.259. The highest BCUT2D eigenvalue weighted by molar-refractivity contribution is 7.99. The molecule has 0 unspecified atom stereocenters. The van der Waals surface area contributed by atoms with Gasteiger partial charge in [0.25, 0.3) is 0 Å². The van der Waals surface area contributed by atoms with Crippen LogP contribution in [0.5, 0.6) is 0 Å². The standard InChI is InChI=1S/C25H31ClN4O2S2/c26-23-10-11-24(22-9-4-12-27-25(22)23)34(31,32)28-13-17-30-15-5-14-29(18-19-30)16-6-20-33-21-7-2-1-3-8-21/h1-4,7-12,28H,5-6,13-20H2. The first kappa shape index (κ1) is 25.4. The molecule has 182 valence electrons. The van der Waals surface area contributed by atoms with Crippen molar-refractivity contribution >= 4 is 44.3 Å². The molecule has 1 aliphatic heterocycles. The van der Waals surface area contributed by atoms with Crippen molar-refractivity contribution in [3.05, 3.63) is 65.8 Å². The van der Waals surface area contributed by atoms with Gasteiger partial charge in [0, 0.05) is 42.7 Å². The van der Waals surface area contributed by atoms with Crippen molar-refractivity contribution in [2.75, 3.05) is 51.6 Å². The molecule has 2 heterocycles. The minimum Gasteiger partial charge on any atom is -0.302 e. The molecule has 0 spiro atoms. The number of halogens is 1. The number of sulfonamides is 1. The number of hydrogen-bond acceptors (Lipinski definition) is 6. The second-order valence-corrected chi connectivity index (χ2v) is 11.7. The quantitative estimate of drug-likeness (QED) is 0.318. The predicted octanol–water partition coefficient (Wildman–Crippen LogP) is 4.36. The number of hydrogen-bond donors (Lipinski definition) is 1. The summed E-state index contributed by atoms with van der Waals surface area (Å²) >= 11 is 8.10. The van der Waals surface area contributed by atoms with E-state index in [9.17, 15) is 8.42 Å². The van der Waals surface area contributed by atoms with Crippen molar-refractivity contribution < 1.29 is 8.42 Å². The van der Waals surface area contributed by atoms with E-state index in [2.05, 4.69) is 49.8 Å². The SMILES string of the molecule is O=S(=O)(NCCN1CCCN(CCCSc2ccccc2)CC1)c1ccc(Cl)c2ncccc12. The van der Waals surface area contributed by atoms with Gasteiger partial charge in [0.2, 0.25) is 10.0 Å². The lowest BCUT2D eigenvalue weighted by atomic mass is 10.2. The second-order valence-electron chi connectivity index (χ2n) is 8.39. The van der Waals surface area contributed by atoms with Crippen LogP contribution >= 0.6 is 23.4 Å². The van der Waals surface area contributed by atoms with E-state index >= 15 is 0 Å². The highest BCUT2D eigenvalue weighted by Crippen LogP contribution is 2.27. The maximum atomic E-state index is 13.0. The first-order valence-corrected chi connectivity index (χ1v) is 14.5. The second kappa shape index (κ2) is 12.3. The maximum Gasteiger partial charge on any atom is 0.241 e. The third-order valence-electron chi connectivity index (χ3n) is 6.00. The number of fused-ring (bicyclic) bond motifs is 1. The molecular formula is C25H31ClN4O2S2. The fourth-order valence-electron chi connectivity index (χ4n) is 4.23. The van der Waals surface area contributed by atoms with E-state index in [-0.39, 0.29) is 4.90 Å². The minimum absolute atomic E-state index is 0.218. The first-order valence-electron chi connectivity index (χ1n) is 11.7. The predicted molar refractivity (Wildman–Crippen MR) is 141 cm³/mol. The van der Waals surface area contributed by atoms with Gasteiger partial charge in [0.1, 0.15) is 0 Å². The molecule has 1 fully saturated rings. The average Bonchev–Trinajstić information content (AvgIpc) is 3.08. The van der Waals surface area contributed by atoms with Gasteiger partial charge in [-0.1, -0.05) is 29.8 Å². The van der Waals surface area contributed by atoms with Crippen molar-refractivity contribution in [3.63, 3.8) is 0 Å². The number of nitrogens with one attached hydrogen (secondary N) is 1. The maximum absolute atomic E-state index is 13.0. The van der Waals surface area contributed by atoms with Gasteiger partial charge in [-0.2, -0.15) is 0 Å². The normalized spacial score (nSPS) is 16.0. The Morgan fingerprint density at radius 3 is 2.50 bits per heavy atom. The van der Waals surface area contributed by atoms with Crippen LogP contribution < -0.4 is 4.72 Å². The Bertz CT molecular complexity index is 1180. The van der Waals surface area contributed by atoms with Gasteiger partial charge in [-0.25, -0.2) is 13.1 Å². The molecule has 1 saturated heterocycles. The molecule has 6 nitrogen and oxygen atoms in total. The third kappa shape index (κ3) is 6.93. The molecule has 3 aromatic rings. The van der Waals surface area contributed by atoms with Crippen LogP contribution in [0.1, 0.15) is 12.8 Å². The molecule has 4 rings (SSSR count). The summed E-state index contributed by atoms with van der Waals surface area (Å²) in [6, 6.07) is 17.1. The zero-order valence-electron chi connectivity index (χ0n) is 19.2. The van der Waals surface area contributed by atoms with Gasteiger partial charge >= 0.3 is 0 Å². The molecule has 0 saturated carbocycles. The third-order valence-corrected chi connectivity index (χ3v) is 8.92. The molecular weight excluding hydrogens is 488 g/mol. The van der Waals surface area contributed by atoms with E-state index < -0.39 is 10.0 Å². The summed E-state index contributed by atoms with van der Waals surface area (Å²) in [4.78, 5) is 10.7. The van der Waals surface area contributed by atoms with Crippen molar-refractivity contribution in [1.82, 2.24) is 19.5 Å². The van der Waals surface area contributed by atoms with Gasteiger partial charge in [-0.3, -0.25) is 4.98 Å². The van der Waals surface area contributed by atoms with Crippen LogP contribution in [0.15, 0.2) is 70.6 Å². The number of rotatable bonds is 10. The lowest BCUT2D eigenvalue weighted by Crippen LogP contribution is -2.37. The molecule has 0 amide bonds. The Kier molecular flexibility index (Phi) is 9.22. The highest BCUT2D eigenvalue weighted by Gasteiger charge is 2.20. The summed E-state index contributed by atoms with van der Waals surface area (Å²) in [5.74, 6) is 1.13. The zero-order valence-corrected chi connectivity index (χ0v) is 21.6. The van der Waals surface area contributed by atoms with Gasteiger partial charge in [0.05, 0.1) is 15.4 Å². The highest BCUT2D eigenvalue weighted by atomic mass is 35.5. The van der Waals surface area contributed by atoms with E-state index in [1.807, 2.05) is 11.8 Å². The van der Waals surface area contributed by atoms with E-state index in [1.165, 1.54) is 11.3 Å². The van der Waals surface area contributed by atoms with E-state index in [1.54, 1.807) is 30.5 Å². The number of thioether (sulfide) groups is 1. The molecule has 34 heavy (non-hydrogen) atoms. The molecule has 0 aliphatic carbocycles. The van der Waals surface area contributed by atoms with Gasteiger partial charge in [0.15, 0.2) is 0 Å². The Hall–Kier alpha value is -1.68. The number of pyridine rings is 1. The van der Waals surface area contributed by atoms with Crippen LogP contribution in [-0.2, 0) is 10.0 Å². The van der Waals surface area contributed by atoms with E-state index in [0.29, 0.717) is 29.0 Å². The molecule has 9 heteroatoms. The van der Waals surface area contributed by atoms with Crippen LogP contribution in [0.2, 0.25) is 5.02 Å². The first-order chi connectivity index (χ1) is 16.5. The molecule has 1 aromatic heterocycles. The molecule has 1 aliphatic rings. The Labute approximate surface area is 211 Å². The van der Waals surface area contributed by atoms with Gasteiger partial charge in [-0.15, -0.1) is 11.8 Å². The Morgan fingerprint density at radius 2 is 1.71 bits per heavy atom. The zero-order chi connectivity index (χ0) is 23.8. The molecule has 0 atom stereocenters. The van der Waals surface area contributed by atoms with Crippen molar-refractivity contribution in [2.24, 2.45) is 0 Å². The molecule has 0 radical (unpaired) electrons. The smallest absolute Gasteiger partial charge is 0.241 e. The fourth-order valence-corrected chi connectivity index (χ4v) is 6.52. The fraction of sp³-hybridized carbons (Fsp3) is 0.400. The minimum atomic E-state index is -3.65. The summed E-state index contributed by atoms with van der Waals surface area (Å²) in [5, 5.41) is 0.987. The van der Waals surface area contributed by atoms with Crippen molar-refractivity contribution in [2.45, 2.75) is 22.6 Å². The van der Waals surface area contributed by atoms with Crippen molar-refractivity contribution in [3.8, 4) is 0 Å². The lowest BCUT2D eigenvalue weighted by Gasteiger charge is -2.22. The summed E-state index contributed by atoms with van der Waals surface area (Å²) in [6.45, 7) is 6.25. The molecule has 1 N–H and O–H groups in total. The number of aromatic nitrogens is 1. The van der Waals surface area contributed by atoms with E-state index in [4.69, 9.17) is 11.6 Å². The summed E-state index contributed by atoms with van der Waals surface area (Å²) < 4.78 is 28.7. The summed E-state index contributed by atoms with van der Waals surface area (Å²) in [6.07, 6.45) is 3.89. The molecule has 0 bridgehead atoms. The largest absolute Gasteiger partial charge is 0.302 e. The average molecular weight is 519 g/mol. The van der Waals surface area contributed by atoms with Gasteiger partial charge in [-0.05, 0) is 74.6 Å². The summed E-state index contributed by atoms with van der Waals surface area (Å²) in [7, 11) is -3.65. The Balaban J connectivity index is 1.21. The summed E-state index contributed by atoms with van der Waals surface area (Å²) in [5.41, 5.74) is 0.502. The van der Waals surface area contributed by atoms with Crippen LogP contribution in [0, 0.1) is 0 Å². The monoisotopic (exact) mass is 518 g/mol. The number of benzene rings is 2. The van der Waals surface area contributed by atoms with Gasteiger partial charge < -0.3 is 9.80 Å². The topological polar surface area (TPSA) is 65.5 Å². The van der Waals surface area contributed by atoms with Crippen LogP contribution in [0.3, 0.4) is 0 Å².